The van der Waals surface area contributed by atoms with Crippen molar-refractivity contribution in [1.29, 1.82) is 0 Å². The Labute approximate surface area is 198 Å². The Balaban J connectivity index is 1.64. The predicted octanol–water partition coefficient (Wildman–Crippen LogP) is 5.06. The molecule has 3 rings (SSSR count). The fourth-order valence-corrected chi connectivity index (χ4v) is 4.29. The zero-order valence-electron chi connectivity index (χ0n) is 20.6. The molecule has 6 nitrogen and oxygen atoms in total. The molecule has 0 spiro atoms. The van der Waals surface area contributed by atoms with Gasteiger partial charge >= 0.3 is 6.09 Å². The summed E-state index contributed by atoms with van der Waals surface area (Å²) in [6.07, 6.45) is -0.976. The molecule has 3 atom stereocenters. The highest BCUT2D eigenvalue weighted by atomic mass is 28.4. The smallest absolute Gasteiger partial charge is 0.407 e. The van der Waals surface area contributed by atoms with Crippen LogP contribution in [-0.2, 0) is 22.5 Å². The molecule has 1 unspecified atom stereocenters. The Hall–Kier alpha value is -2.35. The number of amides is 1. The summed E-state index contributed by atoms with van der Waals surface area (Å²) in [5.74, 6) is 0.843. The molecule has 1 heterocycles. The van der Waals surface area contributed by atoms with Crippen LogP contribution in [-0.4, -0.2) is 43.9 Å². The van der Waals surface area contributed by atoms with Gasteiger partial charge in [0, 0.05) is 0 Å². The Bertz CT molecular complexity index is 920. The molecule has 0 radical (unpaired) electrons. The Morgan fingerprint density at radius 2 is 1.73 bits per heavy atom. The van der Waals surface area contributed by atoms with Gasteiger partial charge < -0.3 is 24.3 Å². The largest absolute Gasteiger partial charge is 0.544 e. The molecular formula is C26H37NO5Si. The topological polar surface area (TPSA) is 80.3 Å². The van der Waals surface area contributed by atoms with Crippen LogP contribution in [0.3, 0.4) is 0 Å². The van der Waals surface area contributed by atoms with Crippen LogP contribution < -0.4 is 9.74 Å². The van der Waals surface area contributed by atoms with Crippen LogP contribution in [0.1, 0.15) is 38.8 Å². The first-order chi connectivity index (χ1) is 15.4. The maximum absolute atomic E-state index is 12.5. The summed E-state index contributed by atoms with van der Waals surface area (Å²) in [6, 6.07) is 16.8. The molecule has 2 aromatic carbocycles. The number of ether oxygens (including phenoxy) is 2. The van der Waals surface area contributed by atoms with Crippen LogP contribution in [0.5, 0.6) is 5.75 Å². The van der Waals surface area contributed by atoms with E-state index in [1.807, 2.05) is 61.5 Å². The lowest BCUT2D eigenvalue weighted by Gasteiger charge is -2.36. The molecule has 2 aromatic rings. The molecule has 0 aliphatic carbocycles. The van der Waals surface area contributed by atoms with Crippen molar-refractivity contribution in [2.75, 3.05) is 6.61 Å². The minimum atomic E-state index is -1.92. The second-order valence-corrected chi connectivity index (χ2v) is 15.3. The molecule has 0 bridgehead atoms. The highest BCUT2D eigenvalue weighted by Gasteiger charge is 2.50. The summed E-state index contributed by atoms with van der Waals surface area (Å²) in [5.41, 5.74) is 1.23. The van der Waals surface area contributed by atoms with Crippen molar-refractivity contribution < 1.29 is 23.8 Å². The molecular weight excluding hydrogens is 434 g/mol. The summed E-state index contributed by atoms with van der Waals surface area (Å²) in [6.45, 7) is 13.5. The van der Waals surface area contributed by atoms with E-state index in [2.05, 4.69) is 39.2 Å². The monoisotopic (exact) mass is 471 g/mol. The van der Waals surface area contributed by atoms with Crippen LogP contribution in [0, 0.1) is 0 Å². The number of alkyl carbamates (subject to hydrolysis) is 1. The fraction of sp³-hybridized carbons (Fsp3) is 0.500. The Morgan fingerprint density at radius 1 is 1.12 bits per heavy atom. The number of carbonyl (C=O) groups excluding carboxylic acids is 1. The van der Waals surface area contributed by atoms with E-state index in [1.165, 1.54) is 0 Å². The summed E-state index contributed by atoms with van der Waals surface area (Å²) in [5, 5.41) is 13.8. The second-order valence-electron chi connectivity index (χ2n) is 10.6. The SMILES string of the molecule is CC(C)(C)[Si](C)(C)Oc1ccc(CC(NC(=O)OCc2ccccc2)[C@@H](O)[C@]2(C)CO2)cc1. The molecule has 0 aromatic heterocycles. The number of rotatable bonds is 9. The van der Waals surface area contributed by atoms with E-state index in [0.29, 0.717) is 13.0 Å². The molecule has 2 N–H and O–H groups in total. The van der Waals surface area contributed by atoms with Gasteiger partial charge in [0.25, 0.3) is 0 Å². The van der Waals surface area contributed by atoms with E-state index in [9.17, 15) is 9.90 Å². The molecule has 33 heavy (non-hydrogen) atoms. The van der Waals surface area contributed by atoms with Crippen molar-refractivity contribution in [3.8, 4) is 5.75 Å². The van der Waals surface area contributed by atoms with Gasteiger partial charge in [0.2, 0.25) is 8.32 Å². The van der Waals surface area contributed by atoms with Gasteiger partial charge in [0.15, 0.2) is 0 Å². The number of epoxide rings is 1. The van der Waals surface area contributed by atoms with E-state index >= 15 is 0 Å². The van der Waals surface area contributed by atoms with Crippen molar-refractivity contribution in [2.24, 2.45) is 0 Å². The van der Waals surface area contributed by atoms with Gasteiger partial charge in [-0.3, -0.25) is 0 Å². The number of aliphatic hydroxyl groups is 1. The van der Waals surface area contributed by atoms with E-state index in [-0.39, 0.29) is 11.6 Å². The van der Waals surface area contributed by atoms with Crippen LogP contribution in [0.25, 0.3) is 0 Å². The maximum atomic E-state index is 12.5. The van der Waals surface area contributed by atoms with Gasteiger partial charge in [-0.25, -0.2) is 4.79 Å². The van der Waals surface area contributed by atoms with Gasteiger partial charge in [-0.15, -0.1) is 0 Å². The van der Waals surface area contributed by atoms with Crippen molar-refractivity contribution in [3.63, 3.8) is 0 Å². The van der Waals surface area contributed by atoms with E-state index in [1.54, 1.807) is 0 Å². The van der Waals surface area contributed by atoms with E-state index in [0.717, 1.165) is 16.9 Å². The lowest BCUT2D eigenvalue weighted by molar-refractivity contribution is 0.0469. The highest BCUT2D eigenvalue weighted by Crippen LogP contribution is 2.37. The van der Waals surface area contributed by atoms with Gasteiger partial charge in [-0.05, 0) is 54.7 Å². The molecule has 0 saturated carbocycles. The summed E-state index contributed by atoms with van der Waals surface area (Å²) >= 11 is 0. The summed E-state index contributed by atoms with van der Waals surface area (Å²) < 4.78 is 17.2. The number of benzene rings is 2. The standard InChI is InChI=1S/C26H37NO5Si/c1-25(2,3)33(5,6)32-21-14-12-19(13-15-21)16-22(23(28)26(4)18-31-26)27-24(29)30-17-20-10-8-7-9-11-20/h7-15,22-23,28H,16-18H2,1-6H3,(H,27,29)/t22?,23-,26+/m1/s1. The Kier molecular flexibility index (Phi) is 7.56. The third kappa shape index (κ3) is 6.82. The maximum Gasteiger partial charge on any atom is 0.407 e. The van der Waals surface area contributed by atoms with Gasteiger partial charge in [-0.1, -0.05) is 63.2 Å². The van der Waals surface area contributed by atoms with E-state index in [4.69, 9.17) is 13.9 Å². The first-order valence-corrected chi connectivity index (χ1v) is 14.4. The fourth-order valence-electron chi connectivity index (χ4n) is 3.26. The van der Waals surface area contributed by atoms with Crippen LogP contribution in [0.15, 0.2) is 54.6 Å². The highest BCUT2D eigenvalue weighted by molar-refractivity contribution is 6.74. The Morgan fingerprint density at radius 3 is 2.27 bits per heavy atom. The average molecular weight is 472 g/mol. The minimum absolute atomic E-state index is 0.116. The number of carbonyl (C=O) groups is 1. The van der Waals surface area contributed by atoms with Crippen molar-refractivity contribution in [1.82, 2.24) is 5.32 Å². The van der Waals surface area contributed by atoms with Crippen LogP contribution in [0.2, 0.25) is 18.1 Å². The first kappa shape index (κ1) is 25.3. The average Bonchev–Trinajstić information content (AvgIpc) is 3.51. The molecule has 1 saturated heterocycles. The minimum Gasteiger partial charge on any atom is -0.544 e. The zero-order valence-corrected chi connectivity index (χ0v) is 21.6. The molecule has 1 fully saturated rings. The number of hydrogen-bond donors (Lipinski definition) is 2. The number of aliphatic hydroxyl groups excluding tert-OH is 1. The van der Waals surface area contributed by atoms with Crippen LogP contribution in [0.4, 0.5) is 4.79 Å². The molecule has 7 heteroatoms. The summed E-state index contributed by atoms with van der Waals surface area (Å²) in [7, 11) is -1.92. The van der Waals surface area contributed by atoms with Gasteiger partial charge in [-0.2, -0.15) is 0 Å². The quantitative estimate of drug-likeness (QED) is 0.395. The third-order valence-corrected chi connectivity index (χ3v) is 11.0. The van der Waals surface area contributed by atoms with Crippen molar-refractivity contribution >= 4 is 14.4 Å². The molecule has 1 amide bonds. The number of nitrogens with one attached hydrogen (secondary N) is 1. The molecule has 1 aliphatic heterocycles. The van der Waals surface area contributed by atoms with Gasteiger partial charge in [0.1, 0.15) is 24.1 Å². The second kappa shape index (κ2) is 9.87. The van der Waals surface area contributed by atoms with Gasteiger partial charge in [0.05, 0.1) is 12.6 Å². The normalized spacial score (nSPS) is 20.0. The molecule has 180 valence electrons. The first-order valence-electron chi connectivity index (χ1n) is 11.5. The molecule has 1 aliphatic rings. The number of hydrogen-bond acceptors (Lipinski definition) is 5. The summed E-state index contributed by atoms with van der Waals surface area (Å²) in [4.78, 5) is 12.5. The lowest BCUT2D eigenvalue weighted by atomic mass is 9.93. The van der Waals surface area contributed by atoms with Crippen molar-refractivity contribution in [2.45, 2.75) is 76.6 Å². The third-order valence-electron chi connectivity index (χ3n) is 6.68. The lowest BCUT2D eigenvalue weighted by Crippen LogP contribution is -2.50. The van der Waals surface area contributed by atoms with Crippen molar-refractivity contribution in [3.05, 3.63) is 65.7 Å². The van der Waals surface area contributed by atoms with E-state index < -0.39 is 32.2 Å². The zero-order chi connectivity index (χ0) is 24.3. The predicted molar refractivity (Wildman–Crippen MR) is 132 cm³/mol. The van der Waals surface area contributed by atoms with Crippen LogP contribution >= 0.6 is 0 Å².